The summed E-state index contributed by atoms with van der Waals surface area (Å²) >= 11 is 1.73. The van der Waals surface area contributed by atoms with Crippen molar-refractivity contribution in [3.8, 4) is 0 Å². The minimum atomic E-state index is 0.171. The molecule has 1 saturated heterocycles. The van der Waals surface area contributed by atoms with Crippen LogP contribution in [0.25, 0.3) is 0 Å². The summed E-state index contributed by atoms with van der Waals surface area (Å²) in [6, 6.07) is 0. The fraction of sp³-hybridized carbons (Fsp3) is 0.786. The standard InChI is InChI=1S/C14H20N2OS/c17-8-12-13(9-4-5-9)15-14(18-12)16-6-10-2-1-3-11(10)7-16/h9-11,17H,1-8H2. The summed E-state index contributed by atoms with van der Waals surface area (Å²) in [5.41, 5.74) is 1.20. The average molecular weight is 264 g/mol. The highest BCUT2D eigenvalue weighted by Crippen LogP contribution is 2.46. The molecule has 2 atom stereocenters. The molecule has 1 N–H and O–H groups in total. The van der Waals surface area contributed by atoms with Crippen LogP contribution in [0.5, 0.6) is 0 Å². The van der Waals surface area contributed by atoms with Gasteiger partial charge in [-0.1, -0.05) is 17.8 Å². The Bertz CT molecular complexity index is 443. The molecule has 1 aromatic rings. The number of rotatable bonds is 3. The number of thiazole rings is 1. The summed E-state index contributed by atoms with van der Waals surface area (Å²) in [4.78, 5) is 8.43. The van der Waals surface area contributed by atoms with Gasteiger partial charge in [0.25, 0.3) is 0 Å². The highest BCUT2D eigenvalue weighted by Gasteiger charge is 2.38. The van der Waals surface area contributed by atoms with E-state index >= 15 is 0 Å². The van der Waals surface area contributed by atoms with Crippen molar-refractivity contribution >= 4 is 16.5 Å². The van der Waals surface area contributed by atoms with E-state index in [9.17, 15) is 5.11 Å². The van der Waals surface area contributed by atoms with Crippen LogP contribution in [0.3, 0.4) is 0 Å². The van der Waals surface area contributed by atoms with E-state index in [4.69, 9.17) is 4.98 Å². The van der Waals surface area contributed by atoms with Gasteiger partial charge in [-0.25, -0.2) is 4.98 Å². The van der Waals surface area contributed by atoms with Crippen LogP contribution in [0, 0.1) is 11.8 Å². The van der Waals surface area contributed by atoms with Crippen molar-refractivity contribution in [3.63, 3.8) is 0 Å². The zero-order chi connectivity index (χ0) is 12.1. The Morgan fingerprint density at radius 1 is 1.17 bits per heavy atom. The third-order valence-electron chi connectivity index (χ3n) is 4.82. The fourth-order valence-electron chi connectivity index (χ4n) is 3.67. The van der Waals surface area contributed by atoms with E-state index in [1.54, 1.807) is 11.3 Å². The van der Waals surface area contributed by atoms with Crippen LogP contribution in [-0.4, -0.2) is 23.2 Å². The van der Waals surface area contributed by atoms with Gasteiger partial charge in [0.15, 0.2) is 5.13 Å². The van der Waals surface area contributed by atoms with E-state index in [-0.39, 0.29) is 6.61 Å². The molecule has 3 fully saturated rings. The predicted octanol–water partition coefficient (Wildman–Crippen LogP) is 2.75. The Labute approximate surface area is 112 Å². The molecule has 4 heteroatoms. The van der Waals surface area contributed by atoms with Crippen molar-refractivity contribution in [3.05, 3.63) is 10.6 Å². The number of fused-ring (bicyclic) bond motifs is 1. The van der Waals surface area contributed by atoms with E-state index in [0.29, 0.717) is 5.92 Å². The Morgan fingerprint density at radius 3 is 2.50 bits per heavy atom. The van der Waals surface area contributed by atoms with Crippen LogP contribution < -0.4 is 4.90 Å². The van der Waals surface area contributed by atoms with Crippen LogP contribution in [0.15, 0.2) is 0 Å². The molecule has 1 aliphatic heterocycles. The molecule has 2 aliphatic carbocycles. The van der Waals surface area contributed by atoms with E-state index in [1.807, 2.05) is 0 Å². The number of hydrogen-bond donors (Lipinski definition) is 1. The number of hydrogen-bond acceptors (Lipinski definition) is 4. The summed E-state index contributed by atoms with van der Waals surface area (Å²) in [6.45, 7) is 2.57. The minimum Gasteiger partial charge on any atom is -0.391 e. The topological polar surface area (TPSA) is 36.4 Å². The molecule has 3 nitrogen and oxygen atoms in total. The molecule has 98 valence electrons. The molecular weight excluding hydrogens is 244 g/mol. The normalized spacial score (nSPS) is 31.1. The van der Waals surface area contributed by atoms with Gasteiger partial charge in [0.1, 0.15) is 0 Å². The molecule has 18 heavy (non-hydrogen) atoms. The molecule has 0 radical (unpaired) electrons. The maximum absolute atomic E-state index is 9.46. The minimum absolute atomic E-state index is 0.171. The second kappa shape index (κ2) is 4.20. The first-order valence-electron chi connectivity index (χ1n) is 7.20. The van der Waals surface area contributed by atoms with E-state index < -0.39 is 0 Å². The molecule has 0 spiro atoms. The predicted molar refractivity (Wildman–Crippen MR) is 73.1 cm³/mol. The van der Waals surface area contributed by atoms with Crippen LogP contribution in [0.1, 0.15) is 48.6 Å². The summed E-state index contributed by atoms with van der Waals surface area (Å²) in [6.07, 6.45) is 6.78. The third-order valence-corrected chi connectivity index (χ3v) is 5.94. The first-order chi connectivity index (χ1) is 8.85. The van der Waals surface area contributed by atoms with Crippen molar-refractivity contribution in [2.45, 2.75) is 44.6 Å². The lowest BCUT2D eigenvalue weighted by Gasteiger charge is -2.15. The Morgan fingerprint density at radius 2 is 1.89 bits per heavy atom. The zero-order valence-electron chi connectivity index (χ0n) is 10.6. The van der Waals surface area contributed by atoms with Gasteiger partial charge in [-0.15, -0.1) is 0 Å². The number of anilines is 1. The van der Waals surface area contributed by atoms with Crippen LogP contribution >= 0.6 is 11.3 Å². The Kier molecular flexibility index (Phi) is 2.62. The summed E-state index contributed by atoms with van der Waals surface area (Å²) in [7, 11) is 0. The molecule has 1 aromatic heterocycles. The van der Waals surface area contributed by atoms with Crippen LogP contribution in [0.2, 0.25) is 0 Å². The van der Waals surface area contributed by atoms with Crippen molar-refractivity contribution in [2.75, 3.05) is 18.0 Å². The highest BCUT2D eigenvalue weighted by molar-refractivity contribution is 7.15. The quantitative estimate of drug-likeness (QED) is 0.912. The van der Waals surface area contributed by atoms with Crippen LogP contribution in [0.4, 0.5) is 5.13 Å². The van der Waals surface area contributed by atoms with Gasteiger partial charge in [-0.2, -0.15) is 0 Å². The van der Waals surface area contributed by atoms with E-state index in [0.717, 1.165) is 16.7 Å². The largest absolute Gasteiger partial charge is 0.391 e. The Hall–Kier alpha value is -0.610. The maximum atomic E-state index is 9.46. The maximum Gasteiger partial charge on any atom is 0.185 e. The lowest BCUT2D eigenvalue weighted by atomic mass is 10.0. The van der Waals surface area contributed by atoms with Gasteiger partial charge in [0, 0.05) is 19.0 Å². The number of aliphatic hydroxyl groups excluding tert-OH is 1. The van der Waals surface area contributed by atoms with Crippen molar-refractivity contribution in [2.24, 2.45) is 11.8 Å². The molecule has 2 saturated carbocycles. The van der Waals surface area contributed by atoms with E-state index in [2.05, 4.69) is 4.90 Å². The Balaban J connectivity index is 1.57. The summed E-state index contributed by atoms with van der Waals surface area (Å²) in [5, 5.41) is 10.6. The molecule has 2 heterocycles. The molecule has 4 rings (SSSR count). The molecule has 0 aromatic carbocycles. The number of aromatic nitrogens is 1. The first kappa shape index (κ1) is 11.2. The van der Waals surface area contributed by atoms with E-state index in [1.165, 1.54) is 56.0 Å². The molecule has 0 amide bonds. The molecule has 0 bridgehead atoms. The monoisotopic (exact) mass is 264 g/mol. The third kappa shape index (κ3) is 1.77. The van der Waals surface area contributed by atoms with Crippen LogP contribution in [-0.2, 0) is 6.61 Å². The first-order valence-corrected chi connectivity index (χ1v) is 8.02. The summed E-state index contributed by atoms with van der Waals surface area (Å²) in [5.74, 6) is 2.48. The smallest absolute Gasteiger partial charge is 0.185 e. The van der Waals surface area contributed by atoms with Gasteiger partial charge in [0.2, 0.25) is 0 Å². The molecule has 2 unspecified atom stereocenters. The second-order valence-corrected chi connectivity index (χ2v) is 7.16. The van der Waals surface area contributed by atoms with Crippen molar-refractivity contribution in [1.82, 2.24) is 4.98 Å². The number of aliphatic hydroxyl groups is 1. The lowest BCUT2D eigenvalue weighted by molar-refractivity contribution is 0.284. The van der Waals surface area contributed by atoms with Gasteiger partial charge in [0.05, 0.1) is 17.2 Å². The van der Waals surface area contributed by atoms with Gasteiger partial charge >= 0.3 is 0 Å². The highest BCUT2D eigenvalue weighted by atomic mass is 32.1. The zero-order valence-corrected chi connectivity index (χ0v) is 11.5. The second-order valence-electron chi connectivity index (χ2n) is 6.09. The van der Waals surface area contributed by atoms with Gasteiger partial charge in [-0.3, -0.25) is 0 Å². The van der Waals surface area contributed by atoms with Crippen molar-refractivity contribution in [1.29, 1.82) is 0 Å². The number of nitrogens with zero attached hydrogens (tertiary/aromatic N) is 2. The fourth-order valence-corrected chi connectivity index (χ4v) is 4.69. The summed E-state index contributed by atoms with van der Waals surface area (Å²) < 4.78 is 0. The van der Waals surface area contributed by atoms with Crippen molar-refractivity contribution < 1.29 is 5.11 Å². The molecule has 3 aliphatic rings. The SMILES string of the molecule is OCc1sc(N2CC3CCCC3C2)nc1C1CC1. The lowest BCUT2D eigenvalue weighted by Crippen LogP contribution is -2.20. The van der Waals surface area contributed by atoms with Gasteiger partial charge in [-0.05, 0) is 37.5 Å². The van der Waals surface area contributed by atoms with Gasteiger partial charge < -0.3 is 10.0 Å². The average Bonchev–Trinajstić information content (AvgIpc) is 2.83. The molecular formula is C14H20N2OS.